The van der Waals surface area contributed by atoms with Crippen LogP contribution in [0.15, 0.2) is 37.1 Å². The molecule has 86 valence electrons. The Balaban J connectivity index is 2.01. The van der Waals surface area contributed by atoms with Crippen molar-refractivity contribution in [3.05, 3.63) is 42.7 Å². The second-order valence-electron chi connectivity index (χ2n) is 3.94. The highest BCUT2D eigenvalue weighted by Crippen LogP contribution is 2.12. The Morgan fingerprint density at radius 2 is 2.25 bits per heavy atom. The fourth-order valence-corrected chi connectivity index (χ4v) is 1.81. The SMILES string of the molecule is CNC(C)c1cccn1CCn1ccnc1. The van der Waals surface area contributed by atoms with Crippen molar-refractivity contribution in [2.45, 2.75) is 26.1 Å². The zero-order valence-corrected chi connectivity index (χ0v) is 9.80. The highest BCUT2D eigenvalue weighted by atomic mass is 15.1. The number of hydrogen-bond acceptors (Lipinski definition) is 2. The molecular formula is C12H18N4. The molecule has 1 atom stereocenters. The van der Waals surface area contributed by atoms with Crippen molar-refractivity contribution in [1.29, 1.82) is 0 Å². The van der Waals surface area contributed by atoms with Crippen LogP contribution in [0.1, 0.15) is 18.7 Å². The van der Waals surface area contributed by atoms with Crippen LogP contribution in [-0.4, -0.2) is 21.2 Å². The average molecular weight is 218 g/mol. The summed E-state index contributed by atoms with van der Waals surface area (Å²) in [6.45, 7) is 4.10. The second-order valence-corrected chi connectivity index (χ2v) is 3.94. The van der Waals surface area contributed by atoms with Crippen LogP contribution in [0.3, 0.4) is 0 Å². The molecule has 2 aromatic rings. The third-order valence-corrected chi connectivity index (χ3v) is 2.90. The van der Waals surface area contributed by atoms with E-state index in [1.54, 1.807) is 0 Å². The van der Waals surface area contributed by atoms with E-state index in [9.17, 15) is 0 Å². The lowest BCUT2D eigenvalue weighted by atomic mass is 10.2. The third kappa shape index (κ3) is 2.33. The molecule has 0 radical (unpaired) electrons. The van der Waals surface area contributed by atoms with Gasteiger partial charge in [-0.3, -0.25) is 0 Å². The predicted octanol–water partition coefficient (Wildman–Crippen LogP) is 1.67. The molecule has 0 saturated carbocycles. The van der Waals surface area contributed by atoms with Gasteiger partial charge in [-0.15, -0.1) is 0 Å². The first-order chi connectivity index (χ1) is 7.81. The van der Waals surface area contributed by atoms with E-state index in [0.29, 0.717) is 6.04 Å². The summed E-state index contributed by atoms with van der Waals surface area (Å²) in [5.74, 6) is 0. The summed E-state index contributed by atoms with van der Waals surface area (Å²) in [6, 6.07) is 4.64. The number of aromatic nitrogens is 3. The second kappa shape index (κ2) is 4.99. The highest BCUT2D eigenvalue weighted by molar-refractivity contribution is 5.11. The third-order valence-electron chi connectivity index (χ3n) is 2.90. The molecular weight excluding hydrogens is 200 g/mol. The van der Waals surface area contributed by atoms with Gasteiger partial charge in [0.25, 0.3) is 0 Å². The predicted molar refractivity (Wildman–Crippen MR) is 64.1 cm³/mol. The molecule has 0 spiro atoms. The molecule has 16 heavy (non-hydrogen) atoms. The van der Waals surface area contributed by atoms with Gasteiger partial charge in [0.15, 0.2) is 0 Å². The van der Waals surface area contributed by atoms with Crippen LogP contribution in [-0.2, 0) is 13.1 Å². The summed E-state index contributed by atoms with van der Waals surface area (Å²) in [5, 5.41) is 3.26. The van der Waals surface area contributed by atoms with Gasteiger partial charge in [-0.25, -0.2) is 4.98 Å². The van der Waals surface area contributed by atoms with E-state index in [1.165, 1.54) is 5.69 Å². The minimum atomic E-state index is 0.387. The Hall–Kier alpha value is -1.55. The number of imidazole rings is 1. The Morgan fingerprint density at radius 3 is 2.94 bits per heavy atom. The Morgan fingerprint density at radius 1 is 1.38 bits per heavy atom. The molecule has 0 fully saturated rings. The average Bonchev–Trinajstić information content (AvgIpc) is 2.96. The lowest BCUT2D eigenvalue weighted by Gasteiger charge is -2.15. The highest BCUT2D eigenvalue weighted by Gasteiger charge is 2.07. The van der Waals surface area contributed by atoms with E-state index >= 15 is 0 Å². The molecule has 1 unspecified atom stereocenters. The van der Waals surface area contributed by atoms with Crippen molar-refractivity contribution in [3.8, 4) is 0 Å². The summed E-state index contributed by atoms with van der Waals surface area (Å²) >= 11 is 0. The number of nitrogens with one attached hydrogen (secondary N) is 1. The summed E-state index contributed by atoms with van der Waals surface area (Å²) in [5.41, 5.74) is 1.32. The summed E-state index contributed by atoms with van der Waals surface area (Å²) in [6.07, 6.45) is 7.78. The van der Waals surface area contributed by atoms with Crippen LogP contribution in [0.2, 0.25) is 0 Å². The number of aryl methyl sites for hydroxylation is 2. The van der Waals surface area contributed by atoms with Gasteiger partial charge in [-0.2, -0.15) is 0 Å². The maximum absolute atomic E-state index is 4.04. The smallest absolute Gasteiger partial charge is 0.0946 e. The molecule has 2 rings (SSSR count). The molecule has 0 aromatic carbocycles. The maximum Gasteiger partial charge on any atom is 0.0946 e. The minimum absolute atomic E-state index is 0.387. The lowest BCUT2D eigenvalue weighted by Crippen LogP contribution is -2.17. The topological polar surface area (TPSA) is 34.8 Å². The van der Waals surface area contributed by atoms with Gasteiger partial charge in [0.1, 0.15) is 0 Å². The van der Waals surface area contributed by atoms with Gasteiger partial charge < -0.3 is 14.5 Å². The van der Waals surface area contributed by atoms with Crippen molar-refractivity contribution in [3.63, 3.8) is 0 Å². The molecule has 4 heteroatoms. The maximum atomic E-state index is 4.04. The monoisotopic (exact) mass is 218 g/mol. The first kappa shape index (κ1) is 11.0. The normalized spacial score (nSPS) is 12.9. The molecule has 0 saturated heterocycles. The Kier molecular flexibility index (Phi) is 3.41. The zero-order valence-electron chi connectivity index (χ0n) is 9.80. The van der Waals surface area contributed by atoms with Crippen molar-refractivity contribution in [1.82, 2.24) is 19.4 Å². The van der Waals surface area contributed by atoms with Gasteiger partial charge in [0.05, 0.1) is 6.33 Å². The van der Waals surface area contributed by atoms with Crippen LogP contribution in [0.25, 0.3) is 0 Å². The van der Waals surface area contributed by atoms with E-state index in [2.05, 4.69) is 44.7 Å². The quantitative estimate of drug-likeness (QED) is 0.828. The summed E-state index contributed by atoms with van der Waals surface area (Å²) in [4.78, 5) is 4.04. The largest absolute Gasteiger partial charge is 0.348 e. The molecule has 1 N–H and O–H groups in total. The van der Waals surface area contributed by atoms with Gasteiger partial charge >= 0.3 is 0 Å². The molecule has 0 aliphatic carbocycles. The standard InChI is InChI=1S/C12H18N4/c1-11(13-2)12-4-3-6-16(12)9-8-15-7-5-14-10-15/h3-7,10-11,13H,8-9H2,1-2H3. The molecule has 0 aliphatic rings. The first-order valence-corrected chi connectivity index (χ1v) is 5.59. The molecule has 0 amide bonds. The summed E-state index contributed by atoms with van der Waals surface area (Å²) in [7, 11) is 1.98. The molecule has 0 aliphatic heterocycles. The lowest BCUT2D eigenvalue weighted by molar-refractivity contribution is 0.526. The van der Waals surface area contributed by atoms with Gasteiger partial charge in [0, 0.05) is 43.4 Å². The van der Waals surface area contributed by atoms with Crippen LogP contribution < -0.4 is 5.32 Å². The molecule has 4 nitrogen and oxygen atoms in total. The molecule has 2 aromatic heterocycles. The van der Waals surface area contributed by atoms with E-state index in [4.69, 9.17) is 0 Å². The van der Waals surface area contributed by atoms with Crippen molar-refractivity contribution in [2.75, 3.05) is 7.05 Å². The fraction of sp³-hybridized carbons (Fsp3) is 0.417. The van der Waals surface area contributed by atoms with Crippen LogP contribution in [0.5, 0.6) is 0 Å². The van der Waals surface area contributed by atoms with E-state index in [1.807, 2.05) is 25.8 Å². The van der Waals surface area contributed by atoms with Crippen molar-refractivity contribution in [2.24, 2.45) is 0 Å². The van der Waals surface area contributed by atoms with Gasteiger partial charge in [-0.1, -0.05) is 0 Å². The van der Waals surface area contributed by atoms with Crippen LogP contribution in [0, 0.1) is 0 Å². The number of hydrogen-bond donors (Lipinski definition) is 1. The van der Waals surface area contributed by atoms with Gasteiger partial charge in [0.2, 0.25) is 0 Å². The zero-order chi connectivity index (χ0) is 11.4. The van der Waals surface area contributed by atoms with Gasteiger partial charge in [-0.05, 0) is 26.1 Å². The van der Waals surface area contributed by atoms with E-state index < -0.39 is 0 Å². The Bertz CT molecular complexity index is 416. The van der Waals surface area contributed by atoms with Crippen LogP contribution in [0.4, 0.5) is 0 Å². The minimum Gasteiger partial charge on any atom is -0.348 e. The fourth-order valence-electron chi connectivity index (χ4n) is 1.81. The summed E-state index contributed by atoms with van der Waals surface area (Å²) < 4.78 is 4.37. The molecule has 2 heterocycles. The van der Waals surface area contributed by atoms with Crippen molar-refractivity contribution < 1.29 is 0 Å². The van der Waals surface area contributed by atoms with E-state index in [0.717, 1.165) is 13.1 Å². The first-order valence-electron chi connectivity index (χ1n) is 5.59. The number of nitrogens with zero attached hydrogens (tertiary/aromatic N) is 3. The van der Waals surface area contributed by atoms with Crippen molar-refractivity contribution >= 4 is 0 Å². The van der Waals surface area contributed by atoms with Crippen LogP contribution >= 0.6 is 0 Å². The number of rotatable bonds is 5. The molecule has 0 bridgehead atoms. The van der Waals surface area contributed by atoms with E-state index in [-0.39, 0.29) is 0 Å². The Labute approximate surface area is 95.9 Å².